The van der Waals surface area contributed by atoms with Crippen molar-refractivity contribution in [3.63, 3.8) is 0 Å². The first-order chi connectivity index (χ1) is 8.66. The third-order valence-electron chi connectivity index (χ3n) is 3.33. The Labute approximate surface area is 115 Å². The summed E-state index contributed by atoms with van der Waals surface area (Å²) < 4.78 is 1.77. The van der Waals surface area contributed by atoms with Crippen LogP contribution < -0.4 is 5.73 Å². The van der Waals surface area contributed by atoms with E-state index in [1.54, 1.807) is 10.9 Å². The van der Waals surface area contributed by atoms with Gasteiger partial charge >= 0.3 is 0 Å². The van der Waals surface area contributed by atoms with Gasteiger partial charge in [-0.1, -0.05) is 29.8 Å². The minimum atomic E-state index is -0.0950. The van der Waals surface area contributed by atoms with Gasteiger partial charge in [-0.05, 0) is 18.1 Å². The van der Waals surface area contributed by atoms with E-state index in [2.05, 4.69) is 29.4 Å². The number of benzene rings is 1. The van der Waals surface area contributed by atoms with Gasteiger partial charge in [0.25, 0.3) is 0 Å². The molecule has 0 aliphatic carbocycles. The Bertz CT molecular complexity index is 537. The topological polar surface area (TPSA) is 43.8 Å². The summed E-state index contributed by atoms with van der Waals surface area (Å²) in [6.07, 6.45) is 2.65. The molecule has 3 nitrogen and oxygen atoms in total. The number of halogens is 1. The molecule has 1 aromatic heterocycles. The molecule has 1 aromatic carbocycles. The summed E-state index contributed by atoms with van der Waals surface area (Å²) in [6.45, 7) is 0. The summed E-state index contributed by atoms with van der Waals surface area (Å²) in [5, 5.41) is 5.14. The van der Waals surface area contributed by atoms with Crippen molar-refractivity contribution < 1.29 is 0 Å². The number of thioether (sulfide) groups is 1. The Morgan fingerprint density at radius 2 is 2.28 bits per heavy atom. The Morgan fingerprint density at radius 1 is 1.50 bits per heavy atom. The van der Waals surface area contributed by atoms with Crippen molar-refractivity contribution in [1.82, 2.24) is 9.78 Å². The molecule has 0 amide bonds. The molecule has 0 saturated carbocycles. The molecule has 0 spiro atoms. The van der Waals surface area contributed by atoms with Gasteiger partial charge < -0.3 is 5.73 Å². The van der Waals surface area contributed by atoms with Crippen LogP contribution in [0, 0.1) is 0 Å². The molecule has 1 aliphatic heterocycles. The van der Waals surface area contributed by atoms with Crippen molar-refractivity contribution in [3.8, 4) is 0 Å². The number of hydrogen-bond acceptors (Lipinski definition) is 3. The minimum absolute atomic E-state index is 0.0950. The lowest BCUT2D eigenvalue weighted by molar-refractivity contribution is 0.598. The second-order valence-corrected chi connectivity index (χ2v) is 6.18. The summed E-state index contributed by atoms with van der Waals surface area (Å²) >= 11 is 7.99. The monoisotopic (exact) mass is 279 g/mol. The predicted octanol–water partition coefficient (Wildman–Crippen LogP) is 2.79. The van der Waals surface area contributed by atoms with Crippen LogP contribution in [0.5, 0.6) is 0 Å². The van der Waals surface area contributed by atoms with Crippen molar-refractivity contribution in [2.45, 2.75) is 22.6 Å². The van der Waals surface area contributed by atoms with E-state index >= 15 is 0 Å². The normalized spacial score (nSPS) is 19.8. The number of aromatic nitrogens is 2. The Balaban J connectivity index is 1.87. The molecular weight excluding hydrogens is 266 g/mol. The van der Waals surface area contributed by atoms with Crippen LogP contribution >= 0.6 is 23.4 Å². The summed E-state index contributed by atoms with van der Waals surface area (Å²) in [5.74, 6) is 0. The maximum absolute atomic E-state index is 6.36. The van der Waals surface area contributed by atoms with Gasteiger partial charge in [0.2, 0.25) is 0 Å². The van der Waals surface area contributed by atoms with E-state index < -0.39 is 0 Å². The fourth-order valence-electron chi connectivity index (χ4n) is 2.38. The summed E-state index contributed by atoms with van der Waals surface area (Å²) in [6, 6.07) is 8.36. The molecule has 2 unspecified atom stereocenters. The molecule has 0 radical (unpaired) electrons. The van der Waals surface area contributed by atoms with E-state index in [4.69, 9.17) is 17.3 Å². The van der Waals surface area contributed by atoms with E-state index in [9.17, 15) is 0 Å². The van der Waals surface area contributed by atoms with Crippen LogP contribution in [-0.2, 0) is 13.5 Å². The summed E-state index contributed by atoms with van der Waals surface area (Å²) in [7, 11) is 1.88. The molecule has 3 rings (SSSR count). The molecule has 2 heterocycles. The van der Waals surface area contributed by atoms with Crippen LogP contribution in [0.1, 0.15) is 17.3 Å². The van der Waals surface area contributed by atoms with Crippen LogP contribution in [0.2, 0.25) is 5.02 Å². The second kappa shape index (κ2) is 4.61. The zero-order chi connectivity index (χ0) is 12.7. The number of aryl methyl sites for hydroxylation is 1. The second-order valence-electron chi connectivity index (χ2n) is 4.50. The minimum Gasteiger partial charge on any atom is -0.322 e. The van der Waals surface area contributed by atoms with Gasteiger partial charge in [-0.25, -0.2) is 0 Å². The number of nitrogens with zero attached hydrogens (tertiary/aromatic N) is 2. The highest BCUT2D eigenvalue weighted by molar-refractivity contribution is 8.00. The molecule has 0 bridgehead atoms. The van der Waals surface area contributed by atoms with E-state index in [-0.39, 0.29) is 6.04 Å². The largest absolute Gasteiger partial charge is 0.322 e. The first kappa shape index (κ1) is 12.1. The Kier molecular flexibility index (Phi) is 3.09. The van der Waals surface area contributed by atoms with Gasteiger partial charge in [-0.15, -0.1) is 11.8 Å². The molecule has 18 heavy (non-hydrogen) atoms. The molecule has 94 valence electrons. The lowest BCUT2D eigenvalue weighted by Crippen LogP contribution is -2.26. The van der Waals surface area contributed by atoms with Gasteiger partial charge in [-0.2, -0.15) is 5.10 Å². The Hall–Kier alpha value is -0.970. The van der Waals surface area contributed by atoms with Crippen LogP contribution in [0.3, 0.4) is 0 Å². The van der Waals surface area contributed by atoms with Crippen LogP contribution in [0.4, 0.5) is 0 Å². The van der Waals surface area contributed by atoms with Gasteiger partial charge in [0.15, 0.2) is 0 Å². The smallest absolute Gasteiger partial charge is 0.0834 e. The maximum atomic E-state index is 6.36. The first-order valence-corrected chi connectivity index (χ1v) is 7.10. The first-order valence-electron chi connectivity index (χ1n) is 5.84. The average Bonchev–Trinajstić information content (AvgIpc) is 2.92. The van der Waals surface area contributed by atoms with Crippen molar-refractivity contribution >= 4 is 23.4 Å². The highest BCUT2D eigenvalue weighted by atomic mass is 35.5. The quantitative estimate of drug-likeness (QED) is 0.919. The average molecular weight is 280 g/mol. The van der Waals surface area contributed by atoms with Gasteiger partial charge in [-0.3, -0.25) is 4.68 Å². The van der Waals surface area contributed by atoms with Crippen LogP contribution in [0.25, 0.3) is 0 Å². The standard InChI is InChI=1S/C13H14ClN3S/c1-17-13(9(14)7-16-17)12(15)11-6-8-4-2-3-5-10(8)18-11/h2-5,7,11-12H,6,15H2,1H3. The fourth-order valence-corrected chi connectivity index (χ4v) is 4.00. The SMILES string of the molecule is Cn1ncc(Cl)c1C(N)C1Cc2ccccc2S1. The van der Waals surface area contributed by atoms with E-state index in [1.165, 1.54) is 10.5 Å². The predicted molar refractivity (Wildman–Crippen MR) is 74.9 cm³/mol. The summed E-state index contributed by atoms with van der Waals surface area (Å²) in [5.41, 5.74) is 8.65. The number of hydrogen-bond donors (Lipinski definition) is 1. The molecule has 2 aromatic rings. The third kappa shape index (κ3) is 1.94. The summed E-state index contributed by atoms with van der Waals surface area (Å²) in [4.78, 5) is 1.33. The lowest BCUT2D eigenvalue weighted by atomic mass is 10.0. The van der Waals surface area contributed by atoms with E-state index in [0.717, 1.165) is 12.1 Å². The number of fused-ring (bicyclic) bond motifs is 1. The lowest BCUT2D eigenvalue weighted by Gasteiger charge is -2.18. The molecule has 2 atom stereocenters. The number of rotatable bonds is 2. The number of nitrogens with two attached hydrogens (primary N) is 1. The maximum Gasteiger partial charge on any atom is 0.0834 e. The molecule has 1 aliphatic rings. The van der Waals surface area contributed by atoms with E-state index in [1.807, 2.05) is 18.8 Å². The van der Waals surface area contributed by atoms with Gasteiger partial charge in [0.1, 0.15) is 0 Å². The Morgan fingerprint density at radius 3 is 2.94 bits per heavy atom. The van der Waals surface area contributed by atoms with E-state index in [0.29, 0.717) is 10.3 Å². The van der Waals surface area contributed by atoms with Crippen molar-refractivity contribution in [3.05, 3.63) is 46.7 Å². The third-order valence-corrected chi connectivity index (χ3v) is 5.03. The van der Waals surface area contributed by atoms with Gasteiger partial charge in [0, 0.05) is 17.2 Å². The van der Waals surface area contributed by atoms with Crippen molar-refractivity contribution in [2.75, 3.05) is 0 Å². The molecular formula is C13H14ClN3S. The van der Waals surface area contributed by atoms with Crippen molar-refractivity contribution in [1.29, 1.82) is 0 Å². The van der Waals surface area contributed by atoms with Crippen LogP contribution in [-0.4, -0.2) is 15.0 Å². The fraction of sp³-hybridized carbons (Fsp3) is 0.308. The van der Waals surface area contributed by atoms with Gasteiger partial charge in [0.05, 0.1) is 23.0 Å². The van der Waals surface area contributed by atoms with Crippen molar-refractivity contribution in [2.24, 2.45) is 12.8 Å². The highest BCUT2D eigenvalue weighted by Gasteiger charge is 2.30. The zero-order valence-corrected chi connectivity index (χ0v) is 11.6. The highest BCUT2D eigenvalue weighted by Crippen LogP contribution is 2.42. The molecule has 0 saturated heterocycles. The zero-order valence-electron chi connectivity index (χ0n) is 10.0. The molecule has 0 fully saturated rings. The molecule has 5 heteroatoms. The van der Waals surface area contributed by atoms with Crippen LogP contribution in [0.15, 0.2) is 35.4 Å². The molecule has 2 N–H and O–H groups in total.